The number of thiol groups is 1. The predicted octanol–water partition coefficient (Wildman–Crippen LogP) is 4.24. The van der Waals surface area contributed by atoms with Gasteiger partial charge in [-0.05, 0) is 30.9 Å². The van der Waals surface area contributed by atoms with Crippen molar-refractivity contribution in [1.82, 2.24) is 5.32 Å². The monoisotopic (exact) mass is 403 g/mol. The number of halogens is 5. The highest BCUT2D eigenvalue weighted by atomic mass is 32.2. The van der Waals surface area contributed by atoms with E-state index in [2.05, 4.69) is 17.9 Å². The van der Waals surface area contributed by atoms with Crippen LogP contribution in [-0.2, 0) is 9.59 Å². The highest BCUT2D eigenvalue weighted by Crippen LogP contribution is 2.32. The van der Waals surface area contributed by atoms with Crippen molar-refractivity contribution in [2.45, 2.75) is 37.5 Å². The molecule has 0 aliphatic heterocycles. The molecule has 3 nitrogen and oxygen atoms in total. The first-order valence-corrected chi connectivity index (χ1v) is 8.88. The molecule has 0 radical (unpaired) electrons. The Morgan fingerprint density at radius 1 is 0.880 bits per heavy atom. The number of nitrogens with one attached hydrogen (secondary N) is 1. The van der Waals surface area contributed by atoms with E-state index in [-0.39, 0.29) is 24.1 Å². The minimum absolute atomic E-state index is 0.00276. The van der Waals surface area contributed by atoms with Crippen LogP contribution >= 0.6 is 24.4 Å². The van der Waals surface area contributed by atoms with Gasteiger partial charge in [-0.1, -0.05) is 6.42 Å². The van der Waals surface area contributed by atoms with Crippen LogP contribution in [0.25, 0.3) is 0 Å². The van der Waals surface area contributed by atoms with Gasteiger partial charge in [0.25, 0.3) is 0 Å². The molecule has 0 fully saturated rings. The van der Waals surface area contributed by atoms with Crippen LogP contribution < -0.4 is 5.32 Å². The van der Waals surface area contributed by atoms with Gasteiger partial charge in [0, 0.05) is 19.9 Å². The number of hydrogen-bond donors (Lipinski definition) is 2. The van der Waals surface area contributed by atoms with Gasteiger partial charge in [-0.2, -0.15) is 12.6 Å². The average Bonchev–Trinajstić information content (AvgIpc) is 2.59. The highest BCUT2D eigenvalue weighted by molar-refractivity contribution is 8.13. The standard InChI is InChI=1S/C14H14F5NO2S.CH4S/c1-7(21)20-6-4-2-3-5-8(22)23-14-12(18)10(16)9(15)11(17)13(14)19;1-2/h2-6H2,1H3,(H,20,21);2H,1H3. The lowest BCUT2D eigenvalue weighted by molar-refractivity contribution is -0.119. The molecule has 0 unspecified atom stereocenters. The molecule has 0 saturated heterocycles. The molecule has 1 aromatic carbocycles. The fourth-order valence-electron chi connectivity index (χ4n) is 1.67. The van der Waals surface area contributed by atoms with Gasteiger partial charge >= 0.3 is 0 Å². The minimum Gasteiger partial charge on any atom is -0.356 e. The van der Waals surface area contributed by atoms with E-state index < -0.39 is 39.1 Å². The molecule has 1 N–H and O–H groups in total. The Bertz CT molecular complexity index is 585. The summed E-state index contributed by atoms with van der Waals surface area (Å²) in [6, 6.07) is 0. The normalized spacial score (nSPS) is 10.1. The molecule has 1 aromatic rings. The van der Waals surface area contributed by atoms with Crippen LogP contribution in [0.15, 0.2) is 4.90 Å². The van der Waals surface area contributed by atoms with Gasteiger partial charge < -0.3 is 5.32 Å². The Morgan fingerprint density at radius 2 is 1.36 bits per heavy atom. The van der Waals surface area contributed by atoms with Crippen molar-refractivity contribution in [3.05, 3.63) is 29.1 Å². The van der Waals surface area contributed by atoms with Crippen molar-refractivity contribution in [1.29, 1.82) is 0 Å². The first kappa shape index (κ1) is 23.7. The third-order valence-electron chi connectivity index (χ3n) is 2.82. The average molecular weight is 403 g/mol. The predicted molar refractivity (Wildman–Crippen MR) is 89.2 cm³/mol. The summed E-state index contributed by atoms with van der Waals surface area (Å²) in [7, 11) is 0. The zero-order valence-electron chi connectivity index (χ0n) is 13.6. The zero-order chi connectivity index (χ0) is 19.6. The van der Waals surface area contributed by atoms with E-state index in [0.717, 1.165) is 0 Å². The number of hydrogen-bond acceptors (Lipinski definition) is 4. The quantitative estimate of drug-likeness (QED) is 0.179. The summed E-state index contributed by atoms with van der Waals surface area (Å²) in [6.07, 6.45) is 3.18. The lowest BCUT2D eigenvalue weighted by atomic mass is 10.2. The number of rotatable bonds is 7. The summed E-state index contributed by atoms with van der Waals surface area (Å²) >= 11 is 3.53. The van der Waals surface area contributed by atoms with Gasteiger partial charge in [0.05, 0.1) is 4.90 Å². The maximum absolute atomic E-state index is 13.4. The molecule has 10 heteroatoms. The molecular weight excluding hydrogens is 385 g/mol. The van der Waals surface area contributed by atoms with Gasteiger partial charge in [-0.3, -0.25) is 9.59 Å². The van der Waals surface area contributed by atoms with Crippen LogP contribution in [-0.4, -0.2) is 23.8 Å². The van der Waals surface area contributed by atoms with Gasteiger partial charge in [0.2, 0.25) is 11.7 Å². The van der Waals surface area contributed by atoms with Crippen LogP contribution in [0.5, 0.6) is 0 Å². The minimum atomic E-state index is -2.25. The fourth-order valence-corrected chi connectivity index (χ4v) is 2.51. The van der Waals surface area contributed by atoms with E-state index in [9.17, 15) is 31.5 Å². The van der Waals surface area contributed by atoms with Crippen molar-refractivity contribution < 1.29 is 31.5 Å². The Kier molecular flexibility index (Phi) is 11.5. The molecule has 1 rings (SSSR count). The second-order valence-electron chi connectivity index (χ2n) is 4.67. The number of amides is 1. The molecule has 0 atom stereocenters. The van der Waals surface area contributed by atoms with Crippen LogP contribution in [0.2, 0.25) is 0 Å². The summed E-state index contributed by atoms with van der Waals surface area (Å²) in [4.78, 5) is 21.0. The summed E-state index contributed by atoms with van der Waals surface area (Å²) in [5.41, 5.74) is 0. The first-order valence-electron chi connectivity index (χ1n) is 7.17. The zero-order valence-corrected chi connectivity index (χ0v) is 15.3. The third-order valence-corrected chi connectivity index (χ3v) is 3.81. The Balaban J connectivity index is 0.00000277. The van der Waals surface area contributed by atoms with Crippen LogP contribution in [0.1, 0.15) is 32.6 Å². The van der Waals surface area contributed by atoms with Gasteiger partial charge in [0.1, 0.15) is 0 Å². The molecular formula is C15H18F5NO2S2. The van der Waals surface area contributed by atoms with Crippen LogP contribution in [0, 0.1) is 29.1 Å². The van der Waals surface area contributed by atoms with E-state index >= 15 is 0 Å². The Labute approximate surface area is 152 Å². The van der Waals surface area contributed by atoms with E-state index in [4.69, 9.17) is 0 Å². The third kappa shape index (κ3) is 7.64. The summed E-state index contributed by atoms with van der Waals surface area (Å²) in [5, 5.41) is 1.86. The number of thioether (sulfide) groups is 1. The second kappa shape index (κ2) is 12.1. The lowest BCUT2D eigenvalue weighted by Crippen LogP contribution is -2.20. The summed E-state index contributed by atoms with van der Waals surface area (Å²) in [5.74, 6) is -10.6. The number of benzene rings is 1. The molecule has 0 bridgehead atoms. The Hall–Kier alpha value is -1.29. The molecule has 0 saturated carbocycles. The maximum Gasteiger partial charge on any atom is 0.216 e. The maximum atomic E-state index is 13.4. The van der Waals surface area contributed by atoms with E-state index in [1.54, 1.807) is 6.26 Å². The van der Waals surface area contributed by atoms with Crippen molar-refractivity contribution >= 4 is 35.4 Å². The Morgan fingerprint density at radius 3 is 1.84 bits per heavy atom. The SMILES string of the molecule is CC(=O)NCCCCCC(=O)Sc1c(F)c(F)c(F)c(F)c1F.CS. The first-order chi connectivity index (χ1) is 11.8. The molecule has 0 aliphatic carbocycles. The van der Waals surface area contributed by atoms with Crippen LogP contribution in [0.4, 0.5) is 22.0 Å². The largest absolute Gasteiger partial charge is 0.356 e. The van der Waals surface area contributed by atoms with E-state index in [1.807, 2.05) is 0 Å². The van der Waals surface area contributed by atoms with Crippen molar-refractivity contribution in [3.63, 3.8) is 0 Å². The molecule has 0 heterocycles. The molecule has 142 valence electrons. The van der Waals surface area contributed by atoms with Crippen molar-refractivity contribution in [2.24, 2.45) is 0 Å². The van der Waals surface area contributed by atoms with Gasteiger partial charge in [-0.25, -0.2) is 22.0 Å². The number of carbonyl (C=O) groups excluding carboxylic acids is 2. The molecule has 0 spiro atoms. The number of unbranched alkanes of at least 4 members (excludes halogenated alkanes) is 2. The highest BCUT2D eigenvalue weighted by Gasteiger charge is 2.27. The van der Waals surface area contributed by atoms with E-state index in [0.29, 0.717) is 25.8 Å². The van der Waals surface area contributed by atoms with Crippen molar-refractivity contribution in [2.75, 3.05) is 12.8 Å². The van der Waals surface area contributed by atoms with Gasteiger partial charge in [-0.15, -0.1) is 0 Å². The second-order valence-corrected chi connectivity index (χ2v) is 5.73. The smallest absolute Gasteiger partial charge is 0.216 e. The molecule has 0 aliphatic rings. The van der Waals surface area contributed by atoms with E-state index in [1.165, 1.54) is 6.92 Å². The fraction of sp³-hybridized carbons (Fsp3) is 0.467. The summed E-state index contributed by atoms with van der Waals surface area (Å²) in [6.45, 7) is 1.80. The molecule has 25 heavy (non-hydrogen) atoms. The number of carbonyl (C=O) groups is 2. The molecule has 1 amide bonds. The van der Waals surface area contributed by atoms with Gasteiger partial charge in [0.15, 0.2) is 28.4 Å². The molecule has 0 aromatic heterocycles. The topological polar surface area (TPSA) is 46.2 Å². The van der Waals surface area contributed by atoms with Crippen molar-refractivity contribution in [3.8, 4) is 0 Å². The van der Waals surface area contributed by atoms with Crippen LogP contribution in [0.3, 0.4) is 0 Å². The lowest BCUT2D eigenvalue weighted by Gasteiger charge is -2.07. The summed E-state index contributed by atoms with van der Waals surface area (Å²) < 4.78 is 65.6.